The fourth-order valence-electron chi connectivity index (χ4n) is 2.33. The summed E-state index contributed by atoms with van der Waals surface area (Å²) in [6, 6.07) is 0. The lowest BCUT2D eigenvalue weighted by Crippen LogP contribution is -2.28. The molecule has 0 unspecified atom stereocenters. The van der Waals surface area contributed by atoms with E-state index in [0.717, 1.165) is 32.6 Å². The van der Waals surface area contributed by atoms with E-state index in [1.165, 1.54) is 0 Å². The summed E-state index contributed by atoms with van der Waals surface area (Å²) < 4.78 is 0. The van der Waals surface area contributed by atoms with Gasteiger partial charge in [-0.25, -0.2) is 9.78 Å². The van der Waals surface area contributed by atoms with Gasteiger partial charge in [-0.15, -0.1) is 0 Å². The molecule has 0 aliphatic carbocycles. The van der Waals surface area contributed by atoms with E-state index < -0.39 is 11.2 Å². The zero-order valence-corrected chi connectivity index (χ0v) is 10.5. The van der Waals surface area contributed by atoms with E-state index in [1.54, 1.807) is 0 Å². The number of hydrogen-bond donors (Lipinski definition) is 4. The number of nitrogens with one attached hydrogen (secondary N) is 4. The second kappa shape index (κ2) is 4.98. The molecule has 2 aromatic rings. The van der Waals surface area contributed by atoms with Crippen molar-refractivity contribution in [2.75, 3.05) is 26.2 Å². The first-order valence-corrected chi connectivity index (χ1v) is 6.36. The van der Waals surface area contributed by atoms with E-state index in [2.05, 4.69) is 30.2 Å². The lowest BCUT2D eigenvalue weighted by molar-refractivity contribution is 0.278. The van der Waals surface area contributed by atoms with E-state index >= 15 is 0 Å². The largest absolute Gasteiger partial charge is 0.335 e. The lowest BCUT2D eigenvalue weighted by atomic mass is 10.4. The first-order valence-electron chi connectivity index (χ1n) is 6.36. The Morgan fingerprint density at radius 1 is 1.11 bits per heavy atom. The van der Waals surface area contributed by atoms with Gasteiger partial charge in [0.25, 0.3) is 5.56 Å². The third-order valence-electron chi connectivity index (χ3n) is 3.24. The molecule has 8 heteroatoms. The fourth-order valence-corrected chi connectivity index (χ4v) is 2.33. The maximum atomic E-state index is 11.6. The van der Waals surface area contributed by atoms with Crippen LogP contribution in [0.15, 0.2) is 9.59 Å². The van der Waals surface area contributed by atoms with Gasteiger partial charge in [0.05, 0.1) is 6.54 Å². The van der Waals surface area contributed by atoms with E-state index in [0.29, 0.717) is 23.5 Å². The average Bonchev–Trinajstić information content (AvgIpc) is 2.58. The number of hydrogen-bond acceptors (Lipinski definition) is 5. The fraction of sp³-hybridized carbons (Fsp3) is 0.545. The number of H-pyrrole nitrogens is 3. The number of aromatic amines is 3. The quantitative estimate of drug-likeness (QED) is 0.541. The molecule has 8 nitrogen and oxygen atoms in total. The molecule has 0 radical (unpaired) electrons. The highest BCUT2D eigenvalue weighted by atomic mass is 16.2. The SMILES string of the molecule is O=c1[nH]c(=O)c2[nH]c(CN3CCCNCC3)nc2[nH]1. The van der Waals surface area contributed by atoms with Gasteiger partial charge in [-0.3, -0.25) is 19.7 Å². The topological polar surface area (TPSA) is 110 Å². The summed E-state index contributed by atoms with van der Waals surface area (Å²) in [5.74, 6) is 0.698. The van der Waals surface area contributed by atoms with Gasteiger partial charge in [0, 0.05) is 13.1 Å². The molecule has 102 valence electrons. The van der Waals surface area contributed by atoms with Crippen LogP contribution in [0, 0.1) is 0 Å². The molecule has 4 N–H and O–H groups in total. The number of imidazole rings is 1. The third-order valence-corrected chi connectivity index (χ3v) is 3.24. The van der Waals surface area contributed by atoms with Gasteiger partial charge in [-0.2, -0.15) is 0 Å². The molecule has 2 aromatic heterocycles. The van der Waals surface area contributed by atoms with Crippen molar-refractivity contribution in [3.63, 3.8) is 0 Å². The molecule has 1 aliphatic rings. The van der Waals surface area contributed by atoms with Crippen LogP contribution in [0.2, 0.25) is 0 Å². The molecule has 0 aromatic carbocycles. The Labute approximate surface area is 108 Å². The maximum absolute atomic E-state index is 11.6. The minimum Gasteiger partial charge on any atom is -0.335 e. The Bertz CT molecular complexity index is 676. The van der Waals surface area contributed by atoms with Gasteiger partial charge in [-0.1, -0.05) is 0 Å². The summed E-state index contributed by atoms with van der Waals surface area (Å²) in [5.41, 5.74) is -0.330. The minimum absolute atomic E-state index is 0.316. The van der Waals surface area contributed by atoms with Crippen molar-refractivity contribution in [1.82, 2.24) is 30.2 Å². The standard InChI is InChI=1S/C11H16N6O2/c18-10-8-9(15-11(19)16-10)14-7(13-8)6-17-4-1-2-12-3-5-17/h12H,1-6H2,(H3,13,14,15,16,18,19). The van der Waals surface area contributed by atoms with Crippen LogP contribution in [0.3, 0.4) is 0 Å². The molecule has 19 heavy (non-hydrogen) atoms. The second-order valence-electron chi connectivity index (χ2n) is 4.70. The predicted octanol–water partition coefficient (Wildman–Crippen LogP) is -1.27. The molecule has 0 spiro atoms. The third kappa shape index (κ3) is 2.59. The maximum Gasteiger partial charge on any atom is 0.327 e. The van der Waals surface area contributed by atoms with Crippen LogP contribution in [0.1, 0.15) is 12.2 Å². The van der Waals surface area contributed by atoms with Crippen molar-refractivity contribution < 1.29 is 0 Å². The van der Waals surface area contributed by atoms with Crippen molar-refractivity contribution in [2.24, 2.45) is 0 Å². The number of fused-ring (bicyclic) bond motifs is 1. The zero-order chi connectivity index (χ0) is 13.2. The molecule has 1 saturated heterocycles. The van der Waals surface area contributed by atoms with E-state index in [9.17, 15) is 9.59 Å². The van der Waals surface area contributed by atoms with E-state index in [-0.39, 0.29) is 0 Å². The van der Waals surface area contributed by atoms with Gasteiger partial charge < -0.3 is 10.3 Å². The Morgan fingerprint density at radius 2 is 2.00 bits per heavy atom. The summed E-state index contributed by atoms with van der Waals surface area (Å²) in [6.45, 7) is 4.58. The Morgan fingerprint density at radius 3 is 2.89 bits per heavy atom. The summed E-state index contributed by atoms with van der Waals surface area (Å²) in [4.78, 5) is 37.0. The Hall–Kier alpha value is -1.93. The molecule has 1 fully saturated rings. The van der Waals surface area contributed by atoms with E-state index in [4.69, 9.17) is 0 Å². The van der Waals surface area contributed by atoms with Crippen molar-refractivity contribution in [3.8, 4) is 0 Å². The Balaban J connectivity index is 1.87. The molecule has 3 heterocycles. The highest BCUT2D eigenvalue weighted by molar-refractivity contribution is 5.68. The first-order chi connectivity index (χ1) is 9.22. The van der Waals surface area contributed by atoms with Gasteiger partial charge in [0.15, 0.2) is 5.65 Å². The summed E-state index contributed by atoms with van der Waals surface area (Å²) in [6.07, 6.45) is 1.09. The van der Waals surface area contributed by atoms with Crippen molar-refractivity contribution >= 4 is 11.2 Å². The molecule has 3 rings (SSSR count). The molecule has 0 atom stereocenters. The molecule has 0 amide bonds. The van der Waals surface area contributed by atoms with Crippen molar-refractivity contribution in [3.05, 3.63) is 26.7 Å². The molecular weight excluding hydrogens is 248 g/mol. The van der Waals surface area contributed by atoms with Crippen molar-refractivity contribution in [1.29, 1.82) is 0 Å². The number of rotatable bonds is 2. The van der Waals surface area contributed by atoms with Crippen LogP contribution in [0.5, 0.6) is 0 Å². The van der Waals surface area contributed by atoms with Crippen LogP contribution in [0.4, 0.5) is 0 Å². The predicted molar refractivity (Wildman–Crippen MR) is 70.1 cm³/mol. The summed E-state index contributed by atoms with van der Waals surface area (Å²) in [5, 5.41) is 3.33. The van der Waals surface area contributed by atoms with Gasteiger partial charge in [-0.05, 0) is 19.5 Å². The van der Waals surface area contributed by atoms with Crippen LogP contribution in [-0.2, 0) is 6.54 Å². The highest BCUT2D eigenvalue weighted by Crippen LogP contribution is 2.06. The zero-order valence-electron chi connectivity index (χ0n) is 10.5. The van der Waals surface area contributed by atoms with Crippen molar-refractivity contribution in [2.45, 2.75) is 13.0 Å². The molecule has 0 saturated carbocycles. The molecular formula is C11H16N6O2. The van der Waals surface area contributed by atoms with Gasteiger partial charge in [0.1, 0.15) is 11.3 Å². The van der Waals surface area contributed by atoms with Gasteiger partial charge >= 0.3 is 5.69 Å². The average molecular weight is 264 g/mol. The summed E-state index contributed by atoms with van der Waals surface area (Å²) >= 11 is 0. The Kier molecular flexibility index (Phi) is 3.18. The highest BCUT2D eigenvalue weighted by Gasteiger charge is 2.13. The second-order valence-corrected chi connectivity index (χ2v) is 4.70. The van der Waals surface area contributed by atoms with Crippen LogP contribution < -0.4 is 16.6 Å². The van der Waals surface area contributed by atoms with E-state index in [1.807, 2.05) is 0 Å². The minimum atomic E-state index is -0.533. The van der Waals surface area contributed by atoms with Gasteiger partial charge in [0.2, 0.25) is 0 Å². The smallest absolute Gasteiger partial charge is 0.327 e. The van der Waals surface area contributed by atoms with Crippen LogP contribution in [0.25, 0.3) is 11.2 Å². The molecule has 0 bridgehead atoms. The lowest BCUT2D eigenvalue weighted by Gasteiger charge is -2.17. The number of aromatic nitrogens is 4. The monoisotopic (exact) mass is 264 g/mol. The number of nitrogens with zero attached hydrogens (tertiary/aromatic N) is 2. The first kappa shape index (κ1) is 12.1. The normalized spacial score (nSPS) is 17.7. The van der Waals surface area contributed by atoms with Crippen LogP contribution in [-0.4, -0.2) is 51.0 Å². The molecule has 1 aliphatic heterocycles. The summed E-state index contributed by atoms with van der Waals surface area (Å²) in [7, 11) is 0. The van der Waals surface area contributed by atoms with Crippen LogP contribution >= 0.6 is 0 Å².